The van der Waals surface area contributed by atoms with Crippen molar-refractivity contribution in [2.24, 2.45) is 23.1 Å². The van der Waals surface area contributed by atoms with Crippen LogP contribution in [-0.4, -0.2) is 78.0 Å². The summed E-state index contributed by atoms with van der Waals surface area (Å²) >= 11 is 0. The fourth-order valence-electron chi connectivity index (χ4n) is 4.15. The van der Waals surface area contributed by atoms with Crippen molar-refractivity contribution in [1.29, 1.82) is 0 Å². The molecule has 0 aromatic carbocycles. The Kier molecular flexibility index (Phi) is 7.91. The van der Waals surface area contributed by atoms with Crippen LogP contribution in [-0.2, 0) is 9.59 Å². The molecule has 1 fully saturated rings. The van der Waals surface area contributed by atoms with E-state index in [0.717, 1.165) is 4.68 Å². The molecule has 36 heavy (non-hydrogen) atoms. The molecule has 0 radical (unpaired) electrons. The molecule has 0 bridgehead atoms. The molecular weight excluding hydrogens is 472 g/mol. The molecule has 0 spiro atoms. The van der Waals surface area contributed by atoms with Gasteiger partial charge in [-0.25, -0.2) is 9.67 Å². The van der Waals surface area contributed by atoms with Gasteiger partial charge in [-0.1, -0.05) is 19.1 Å². The Labute approximate surface area is 205 Å². The number of aromatic nitrogens is 5. The molecule has 3 rings (SSSR count). The van der Waals surface area contributed by atoms with Gasteiger partial charge in [0, 0.05) is 18.9 Å². The Hall–Kier alpha value is -4.43. The second-order valence-corrected chi connectivity index (χ2v) is 8.84. The Balaban J connectivity index is 1.96. The number of nitrogens with zero attached hydrogens (tertiary/aromatic N) is 6. The average Bonchev–Trinajstić information content (AvgIpc) is 3.29. The maximum absolute atomic E-state index is 13.4. The molecule has 2 aromatic heterocycles. The summed E-state index contributed by atoms with van der Waals surface area (Å²) in [5, 5.41) is 10.2. The van der Waals surface area contributed by atoms with Crippen molar-refractivity contribution in [3.05, 3.63) is 35.7 Å². The highest BCUT2D eigenvalue weighted by molar-refractivity contribution is 6.03. The van der Waals surface area contributed by atoms with Crippen molar-refractivity contribution in [2.45, 2.75) is 51.2 Å². The number of primary amides is 3. The Morgan fingerprint density at radius 2 is 1.83 bits per heavy atom. The summed E-state index contributed by atoms with van der Waals surface area (Å²) in [6.07, 6.45) is 4.53. The highest BCUT2D eigenvalue weighted by atomic mass is 16.2. The van der Waals surface area contributed by atoms with Gasteiger partial charge in [0.1, 0.15) is 17.8 Å². The smallest absolute Gasteiger partial charge is 0.274 e. The van der Waals surface area contributed by atoms with Gasteiger partial charge in [0.05, 0.1) is 12.2 Å². The third kappa shape index (κ3) is 5.61. The number of hydrogen-bond acceptors (Lipinski definition) is 9. The van der Waals surface area contributed by atoms with E-state index < -0.39 is 53.4 Å². The van der Waals surface area contributed by atoms with Crippen LogP contribution in [0, 0.1) is 5.92 Å². The third-order valence-corrected chi connectivity index (χ3v) is 5.79. The minimum Gasteiger partial charge on any atom is -0.368 e. The van der Waals surface area contributed by atoms with Crippen LogP contribution in [0.15, 0.2) is 18.6 Å². The summed E-state index contributed by atoms with van der Waals surface area (Å²) in [6, 6.07) is -2.71. The first-order valence-electron chi connectivity index (χ1n) is 11.2. The van der Waals surface area contributed by atoms with Crippen molar-refractivity contribution in [2.75, 3.05) is 6.54 Å². The number of carbonyl (C=O) groups excluding carboxylic acids is 5. The van der Waals surface area contributed by atoms with Crippen LogP contribution in [0.5, 0.6) is 0 Å². The molecule has 0 saturated carbocycles. The van der Waals surface area contributed by atoms with Crippen molar-refractivity contribution in [3.8, 4) is 0 Å². The summed E-state index contributed by atoms with van der Waals surface area (Å²) < 4.78 is 1.15. The first kappa shape index (κ1) is 26.2. The molecule has 0 aliphatic carbocycles. The summed E-state index contributed by atoms with van der Waals surface area (Å²) in [4.78, 5) is 71.5. The van der Waals surface area contributed by atoms with Crippen molar-refractivity contribution >= 4 is 29.5 Å². The molecule has 1 aliphatic heterocycles. The molecule has 3 heterocycles. The van der Waals surface area contributed by atoms with Crippen LogP contribution >= 0.6 is 0 Å². The number of nitrogens with one attached hydrogen (secondary N) is 1. The van der Waals surface area contributed by atoms with Crippen LogP contribution in [0.2, 0.25) is 0 Å². The lowest BCUT2D eigenvalue weighted by Crippen LogP contribution is -2.57. The number of amides is 5. The van der Waals surface area contributed by atoms with Gasteiger partial charge in [0.25, 0.3) is 17.7 Å². The van der Waals surface area contributed by atoms with E-state index >= 15 is 0 Å². The van der Waals surface area contributed by atoms with E-state index in [4.69, 9.17) is 17.2 Å². The number of rotatable bonds is 9. The van der Waals surface area contributed by atoms with E-state index in [9.17, 15) is 24.0 Å². The van der Waals surface area contributed by atoms with E-state index in [2.05, 4.69) is 25.6 Å². The van der Waals surface area contributed by atoms with Crippen molar-refractivity contribution < 1.29 is 24.0 Å². The minimum atomic E-state index is -1.10. The highest BCUT2D eigenvalue weighted by Gasteiger charge is 2.40. The molecule has 1 aliphatic rings. The number of piperidine rings is 1. The zero-order valence-electron chi connectivity index (χ0n) is 19.8. The maximum atomic E-state index is 13.4. The molecule has 15 heteroatoms. The Bertz CT molecular complexity index is 1170. The summed E-state index contributed by atoms with van der Waals surface area (Å²) in [5.41, 5.74) is 15.5. The van der Waals surface area contributed by atoms with E-state index in [1.165, 1.54) is 23.5 Å². The van der Waals surface area contributed by atoms with Gasteiger partial charge in [-0.05, 0) is 25.2 Å². The van der Waals surface area contributed by atoms with Gasteiger partial charge in [0.15, 0.2) is 11.4 Å². The lowest BCUT2D eigenvalue weighted by Gasteiger charge is -2.39. The van der Waals surface area contributed by atoms with Gasteiger partial charge < -0.3 is 27.4 Å². The van der Waals surface area contributed by atoms with Gasteiger partial charge in [-0.15, -0.1) is 5.10 Å². The second kappa shape index (κ2) is 10.9. The van der Waals surface area contributed by atoms with Gasteiger partial charge in [-0.3, -0.25) is 29.0 Å². The van der Waals surface area contributed by atoms with Gasteiger partial charge >= 0.3 is 0 Å². The molecule has 3 atom stereocenters. The molecule has 2 aromatic rings. The van der Waals surface area contributed by atoms with Crippen molar-refractivity contribution in [1.82, 2.24) is 35.2 Å². The number of hydrogen-bond donors (Lipinski definition) is 4. The lowest BCUT2D eigenvalue weighted by molar-refractivity contribution is -0.131. The van der Waals surface area contributed by atoms with Crippen LogP contribution in [0.1, 0.15) is 70.6 Å². The van der Waals surface area contributed by atoms with Crippen LogP contribution in [0.4, 0.5) is 0 Å². The molecule has 15 nitrogen and oxygen atoms in total. The first-order chi connectivity index (χ1) is 17.0. The minimum absolute atomic E-state index is 0.0250. The standard InChI is InChI=1S/C21H28N10O5/c1-10(2)7-12(17(22)32)27-20(35)14-8-11(31-16(19(24)34)15(18(23)33)28-29-31)3-6-30(14)21(36)13-9-25-4-5-26-13/h4-5,9-12,14H,3,6-8H2,1-2H3,(H2,22,32)(H2,23,33)(H2,24,34)(H,27,35)/t11-,12-,14+/m0/s1. The molecule has 5 amide bonds. The fraction of sp³-hybridized carbons (Fsp3) is 0.476. The Morgan fingerprint density at radius 1 is 1.11 bits per heavy atom. The predicted molar refractivity (Wildman–Crippen MR) is 123 cm³/mol. The van der Waals surface area contributed by atoms with E-state index in [-0.39, 0.29) is 36.7 Å². The molecule has 7 N–H and O–H groups in total. The molecular formula is C21H28N10O5. The zero-order chi connectivity index (χ0) is 26.6. The summed E-state index contributed by atoms with van der Waals surface area (Å²) in [6.45, 7) is 3.79. The third-order valence-electron chi connectivity index (χ3n) is 5.79. The average molecular weight is 501 g/mol. The largest absolute Gasteiger partial charge is 0.368 e. The summed E-state index contributed by atoms with van der Waals surface area (Å²) in [7, 11) is 0. The number of nitrogens with two attached hydrogens (primary N) is 3. The SMILES string of the molecule is CC(C)C[C@H](NC(=O)[C@H]1C[C@@H](n2nnc(C(N)=O)c2C(N)=O)CCN1C(=O)c1cnccn1)C(N)=O. The van der Waals surface area contributed by atoms with Crippen LogP contribution < -0.4 is 22.5 Å². The quantitative estimate of drug-likeness (QED) is 0.301. The fourth-order valence-corrected chi connectivity index (χ4v) is 4.15. The van der Waals surface area contributed by atoms with Crippen LogP contribution in [0.3, 0.4) is 0 Å². The number of carbonyl (C=O) groups is 5. The van der Waals surface area contributed by atoms with Gasteiger partial charge in [-0.2, -0.15) is 0 Å². The maximum Gasteiger partial charge on any atom is 0.274 e. The number of likely N-dealkylation sites (tertiary alicyclic amines) is 1. The topological polar surface area (TPSA) is 235 Å². The lowest BCUT2D eigenvalue weighted by atomic mass is 9.94. The Morgan fingerprint density at radius 3 is 2.39 bits per heavy atom. The predicted octanol–water partition coefficient (Wildman–Crippen LogP) is -1.87. The monoisotopic (exact) mass is 500 g/mol. The first-order valence-corrected chi connectivity index (χ1v) is 11.2. The normalized spacial score (nSPS) is 18.5. The second-order valence-electron chi connectivity index (χ2n) is 8.84. The van der Waals surface area contributed by atoms with E-state index in [1.807, 2.05) is 13.8 Å². The highest BCUT2D eigenvalue weighted by Crippen LogP contribution is 2.29. The molecule has 1 saturated heterocycles. The zero-order valence-corrected chi connectivity index (χ0v) is 19.8. The molecule has 0 unspecified atom stereocenters. The van der Waals surface area contributed by atoms with E-state index in [1.54, 1.807) is 0 Å². The van der Waals surface area contributed by atoms with E-state index in [0.29, 0.717) is 6.42 Å². The van der Waals surface area contributed by atoms with Crippen LogP contribution in [0.25, 0.3) is 0 Å². The van der Waals surface area contributed by atoms with Crippen molar-refractivity contribution in [3.63, 3.8) is 0 Å². The van der Waals surface area contributed by atoms with Gasteiger partial charge in [0.2, 0.25) is 11.8 Å². The molecule has 192 valence electrons. The summed E-state index contributed by atoms with van der Waals surface area (Å²) in [5.74, 6) is -3.80.